The van der Waals surface area contributed by atoms with Gasteiger partial charge in [0.1, 0.15) is 0 Å². The number of oxazole rings is 1. The van der Waals surface area contributed by atoms with Gasteiger partial charge in [0.25, 0.3) is 0 Å². The maximum atomic E-state index is 11.3. The zero-order chi connectivity index (χ0) is 11.0. The van der Waals surface area contributed by atoms with Crippen LogP contribution < -0.4 is 5.76 Å². The Morgan fingerprint density at radius 1 is 1.47 bits per heavy atom. The molecule has 0 saturated carbocycles. The monoisotopic (exact) mass is 245 g/mol. The molecule has 0 bridgehead atoms. The predicted octanol–water partition coefficient (Wildman–Crippen LogP) is 2.20. The Morgan fingerprint density at radius 3 is 2.87 bits per heavy atom. The molecule has 2 aromatic rings. The second-order valence-corrected chi connectivity index (χ2v) is 3.57. The summed E-state index contributed by atoms with van der Waals surface area (Å²) in [6.07, 6.45) is 0. The fourth-order valence-corrected chi connectivity index (χ4v) is 1.67. The number of halogens is 2. The molecule has 0 atom stereocenters. The Kier molecular flexibility index (Phi) is 2.54. The first-order chi connectivity index (χ1) is 7.11. The van der Waals surface area contributed by atoms with Gasteiger partial charge in [0.2, 0.25) is 0 Å². The van der Waals surface area contributed by atoms with Crippen LogP contribution >= 0.6 is 23.2 Å². The van der Waals surface area contributed by atoms with Crippen LogP contribution in [0.2, 0.25) is 5.02 Å². The smallest absolute Gasteiger partial charge is 0.408 e. The van der Waals surface area contributed by atoms with E-state index in [0.29, 0.717) is 5.52 Å². The molecule has 0 fully saturated rings. The quantitative estimate of drug-likeness (QED) is 0.652. The van der Waals surface area contributed by atoms with E-state index in [1.165, 1.54) is 12.1 Å². The maximum absolute atomic E-state index is 11.3. The normalized spacial score (nSPS) is 10.8. The van der Waals surface area contributed by atoms with Gasteiger partial charge < -0.3 is 4.42 Å². The van der Waals surface area contributed by atoms with Crippen molar-refractivity contribution in [3.8, 4) is 0 Å². The van der Waals surface area contributed by atoms with Crippen LogP contribution in [0, 0.1) is 0 Å². The van der Waals surface area contributed by atoms with Crippen molar-refractivity contribution in [1.29, 1.82) is 0 Å². The molecule has 1 N–H and O–H groups in total. The number of aromatic nitrogens is 1. The number of benzene rings is 1. The topological polar surface area (TPSA) is 63.1 Å². The molecule has 0 aliphatic heterocycles. The van der Waals surface area contributed by atoms with Gasteiger partial charge in [0, 0.05) is 5.56 Å². The zero-order valence-electron chi connectivity index (χ0n) is 7.34. The van der Waals surface area contributed by atoms with Crippen molar-refractivity contribution in [2.75, 3.05) is 5.88 Å². The average Bonchev–Trinajstić information content (AvgIpc) is 2.55. The summed E-state index contributed by atoms with van der Waals surface area (Å²) >= 11 is 11.2. The maximum Gasteiger partial charge on any atom is 0.417 e. The molecule has 0 aliphatic carbocycles. The summed E-state index contributed by atoms with van der Waals surface area (Å²) in [6, 6.07) is 2.86. The van der Waals surface area contributed by atoms with Crippen LogP contribution in [-0.4, -0.2) is 16.6 Å². The Balaban J connectivity index is 2.71. The molecule has 0 saturated heterocycles. The molecule has 0 radical (unpaired) electrons. The number of Topliss-reactive ketones (excluding diaryl/α,β-unsaturated/α-hetero) is 1. The van der Waals surface area contributed by atoms with Crippen LogP contribution in [0.4, 0.5) is 0 Å². The van der Waals surface area contributed by atoms with Crippen molar-refractivity contribution in [3.05, 3.63) is 33.3 Å². The third-order valence-corrected chi connectivity index (χ3v) is 2.49. The first-order valence-electron chi connectivity index (χ1n) is 4.03. The number of H-pyrrole nitrogens is 1. The van der Waals surface area contributed by atoms with Crippen LogP contribution in [0.25, 0.3) is 11.1 Å². The Morgan fingerprint density at radius 2 is 2.20 bits per heavy atom. The van der Waals surface area contributed by atoms with Crippen LogP contribution in [0.15, 0.2) is 21.3 Å². The standard InChI is InChI=1S/C9H5Cl2NO3/c10-3-7(13)4-1-8-6(2-5(4)11)12-9(14)15-8/h1-2H,3H2,(H,12,14). The third kappa shape index (κ3) is 1.78. The van der Waals surface area contributed by atoms with Crippen LogP contribution in [0.5, 0.6) is 0 Å². The van der Waals surface area contributed by atoms with E-state index in [9.17, 15) is 9.59 Å². The zero-order valence-corrected chi connectivity index (χ0v) is 8.85. The average molecular weight is 246 g/mol. The van der Waals surface area contributed by atoms with Crippen molar-refractivity contribution in [3.63, 3.8) is 0 Å². The first kappa shape index (κ1) is 10.3. The van der Waals surface area contributed by atoms with Crippen molar-refractivity contribution < 1.29 is 9.21 Å². The number of carbonyl (C=O) groups is 1. The number of carbonyl (C=O) groups excluding carboxylic acids is 1. The highest BCUT2D eigenvalue weighted by atomic mass is 35.5. The second kappa shape index (κ2) is 3.72. The van der Waals surface area contributed by atoms with Crippen LogP contribution in [0.3, 0.4) is 0 Å². The van der Waals surface area contributed by atoms with Gasteiger partial charge in [-0.1, -0.05) is 11.6 Å². The second-order valence-electron chi connectivity index (χ2n) is 2.90. The predicted molar refractivity (Wildman–Crippen MR) is 56.9 cm³/mol. The van der Waals surface area contributed by atoms with E-state index in [-0.39, 0.29) is 27.8 Å². The first-order valence-corrected chi connectivity index (χ1v) is 4.94. The largest absolute Gasteiger partial charge is 0.417 e. The number of nitrogens with one attached hydrogen (secondary N) is 1. The highest BCUT2D eigenvalue weighted by molar-refractivity contribution is 6.37. The van der Waals surface area contributed by atoms with E-state index in [0.717, 1.165) is 0 Å². The minimum atomic E-state index is -0.587. The fourth-order valence-electron chi connectivity index (χ4n) is 1.26. The van der Waals surface area contributed by atoms with E-state index in [2.05, 4.69) is 4.98 Å². The highest BCUT2D eigenvalue weighted by Crippen LogP contribution is 2.22. The van der Waals surface area contributed by atoms with Crippen molar-refractivity contribution in [2.45, 2.75) is 0 Å². The van der Waals surface area contributed by atoms with Crippen molar-refractivity contribution in [1.82, 2.24) is 4.98 Å². The molecular weight excluding hydrogens is 241 g/mol. The number of rotatable bonds is 2. The van der Waals surface area contributed by atoms with E-state index in [4.69, 9.17) is 27.6 Å². The lowest BCUT2D eigenvalue weighted by molar-refractivity contribution is 0.102. The summed E-state index contributed by atoms with van der Waals surface area (Å²) in [7, 11) is 0. The minimum Gasteiger partial charge on any atom is -0.408 e. The Bertz CT molecular complexity index is 585. The molecule has 6 heteroatoms. The number of alkyl halides is 1. The van der Waals surface area contributed by atoms with Crippen LogP contribution in [0.1, 0.15) is 10.4 Å². The molecule has 1 aromatic carbocycles. The van der Waals surface area contributed by atoms with Crippen molar-refractivity contribution in [2.24, 2.45) is 0 Å². The lowest BCUT2D eigenvalue weighted by Gasteiger charge is -1.99. The lowest BCUT2D eigenvalue weighted by Crippen LogP contribution is -2.00. The SMILES string of the molecule is O=C(CCl)c1cc2oc(=O)[nH]c2cc1Cl. The summed E-state index contributed by atoms with van der Waals surface area (Å²) in [6.45, 7) is 0. The molecule has 2 rings (SSSR count). The minimum absolute atomic E-state index is 0.167. The lowest BCUT2D eigenvalue weighted by atomic mass is 10.1. The third-order valence-electron chi connectivity index (χ3n) is 1.93. The van der Waals surface area contributed by atoms with Gasteiger partial charge in [-0.3, -0.25) is 9.78 Å². The highest BCUT2D eigenvalue weighted by Gasteiger charge is 2.12. The molecule has 4 nitrogen and oxygen atoms in total. The summed E-state index contributed by atoms with van der Waals surface area (Å²) < 4.78 is 4.79. The van der Waals surface area contributed by atoms with Gasteiger partial charge >= 0.3 is 5.76 Å². The summed E-state index contributed by atoms with van der Waals surface area (Å²) in [4.78, 5) is 24.6. The molecule has 0 aliphatic rings. The fraction of sp³-hybridized carbons (Fsp3) is 0.111. The van der Waals surface area contributed by atoms with Gasteiger partial charge in [-0.15, -0.1) is 11.6 Å². The van der Waals surface area contributed by atoms with Gasteiger partial charge in [-0.2, -0.15) is 0 Å². The Hall–Kier alpha value is -1.26. The molecular formula is C9H5Cl2NO3. The van der Waals surface area contributed by atoms with Gasteiger partial charge in [0.05, 0.1) is 16.4 Å². The van der Waals surface area contributed by atoms with Gasteiger partial charge in [0.15, 0.2) is 11.4 Å². The number of hydrogen-bond acceptors (Lipinski definition) is 3. The summed E-state index contributed by atoms with van der Waals surface area (Å²) in [5.74, 6) is -1.07. The molecule has 0 amide bonds. The van der Waals surface area contributed by atoms with Crippen LogP contribution in [-0.2, 0) is 0 Å². The van der Waals surface area contributed by atoms with E-state index >= 15 is 0 Å². The van der Waals surface area contributed by atoms with Gasteiger partial charge in [-0.05, 0) is 12.1 Å². The van der Waals surface area contributed by atoms with Gasteiger partial charge in [-0.25, -0.2) is 4.79 Å². The molecule has 1 heterocycles. The van der Waals surface area contributed by atoms with E-state index in [1.807, 2.05) is 0 Å². The number of ketones is 1. The number of hydrogen-bond donors (Lipinski definition) is 1. The molecule has 0 unspecified atom stereocenters. The Labute approximate surface area is 93.8 Å². The molecule has 1 aromatic heterocycles. The molecule has 15 heavy (non-hydrogen) atoms. The van der Waals surface area contributed by atoms with E-state index < -0.39 is 5.76 Å². The van der Waals surface area contributed by atoms with E-state index in [1.54, 1.807) is 0 Å². The van der Waals surface area contributed by atoms with Crippen molar-refractivity contribution >= 4 is 40.1 Å². The number of aromatic amines is 1. The summed E-state index contributed by atoms with van der Waals surface area (Å²) in [5, 5.41) is 0.241. The molecule has 0 spiro atoms. The molecule has 78 valence electrons. The number of fused-ring (bicyclic) bond motifs is 1. The summed E-state index contributed by atoms with van der Waals surface area (Å²) in [5.41, 5.74) is 0.996.